The molecule has 2 N–H and O–H groups in total. The Labute approximate surface area is 111 Å². The van der Waals surface area contributed by atoms with Gasteiger partial charge in [-0.05, 0) is 11.1 Å². The normalized spacial score (nSPS) is 17.8. The predicted molar refractivity (Wildman–Crippen MR) is 72.7 cm³/mol. The Hall–Kier alpha value is -2.14. The van der Waals surface area contributed by atoms with Crippen molar-refractivity contribution in [1.29, 1.82) is 0 Å². The van der Waals surface area contributed by atoms with Crippen molar-refractivity contribution >= 4 is 11.7 Å². The summed E-state index contributed by atoms with van der Waals surface area (Å²) in [6.45, 7) is 1.49. The molecule has 5 nitrogen and oxygen atoms in total. The van der Waals surface area contributed by atoms with Crippen LogP contribution in [0.2, 0.25) is 0 Å². The minimum Gasteiger partial charge on any atom is -0.312 e. The number of nitrogens with one attached hydrogen (secondary N) is 2. The van der Waals surface area contributed by atoms with E-state index in [-0.39, 0.29) is 11.8 Å². The standard InChI is InChI=1S/C14H16N4O/c1-18-7-6-13(17-18)16-14(19)12-9-15-8-10-4-2-3-5-11(10)12/h2-7,12,15H,8-9H2,1H3,(H,16,17,19). The molecule has 2 heterocycles. The van der Waals surface area contributed by atoms with Gasteiger partial charge in [-0.1, -0.05) is 24.3 Å². The molecule has 0 saturated carbocycles. The summed E-state index contributed by atoms with van der Waals surface area (Å²) in [4.78, 5) is 12.3. The minimum atomic E-state index is -0.160. The first-order valence-corrected chi connectivity index (χ1v) is 6.33. The van der Waals surface area contributed by atoms with Crippen molar-refractivity contribution in [2.75, 3.05) is 11.9 Å². The Morgan fingerprint density at radius 1 is 1.42 bits per heavy atom. The van der Waals surface area contributed by atoms with Gasteiger partial charge in [0.2, 0.25) is 5.91 Å². The molecule has 3 rings (SSSR count). The molecule has 1 aliphatic rings. The van der Waals surface area contributed by atoms with Gasteiger partial charge in [0.05, 0.1) is 5.92 Å². The van der Waals surface area contributed by atoms with E-state index in [9.17, 15) is 4.79 Å². The highest BCUT2D eigenvalue weighted by Crippen LogP contribution is 2.24. The first kappa shape index (κ1) is 11.9. The van der Waals surface area contributed by atoms with Gasteiger partial charge in [0.15, 0.2) is 5.82 Å². The number of aromatic nitrogens is 2. The lowest BCUT2D eigenvalue weighted by atomic mass is 9.90. The first-order chi connectivity index (χ1) is 9.24. The van der Waals surface area contributed by atoms with Gasteiger partial charge in [-0.3, -0.25) is 9.48 Å². The summed E-state index contributed by atoms with van der Waals surface area (Å²) >= 11 is 0. The number of benzene rings is 1. The molecule has 1 unspecified atom stereocenters. The second kappa shape index (κ2) is 4.85. The zero-order valence-electron chi connectivity index (χ0n) is 10.8. The molecule has 19 heavy (non-hydrogen) atoms. The number of amides is 1. The van der Waals surface area contributed by atoms with Crippen LogP contribution in [-0.4, -0.2) is 22.2 Å². The monoisotopic (exact) mass is 256 g/mol. The molecule has 0 spiro atoms. The van der Waals surface area contributed by atoms with Crippen molar-refractivity contribution in [2.45, 2.75) is 12.5 Å². The SMILES string of the molecule is Cn1ccc(NC(=O)C2CNCc3ccccc32)n1. The summed E-state index contributed by atoms with van der Waals surface area (Å²) in [6.07, 6.45) is 1.81. The van der Waals surface area contributed by atoms with Crippen molar-refractivity contribution in [1.82, 2.24) is 15.1 Å². The Morgan fingerprint density at radius 2 is 2.26 bits per heavy atom. The molecular weight excluding hydrogens is 240 g/mol. The topological polar surface area (TPSA) is 59.0 Å². The van der Waals surface area contributed by atoms with Gasteiger partial charge >= 0.3 is 0 Å². The Bertz CT molecular complexity index is 605. The summed E-state index contributed by atoms with van der Waals surface area (Å²) in [5.74, 6) is 0.417. The Balaban J connectivity index is 1.81. The highest BCUT2D eigenvalue weighted by Gasteiger charge is 2.26. The lowest BCUT2D eigenvalue weighted by Crippen LogP contribution is -2.35. The summed E-state index contributed by atoms with van der Waals surface area (Å²) in [6, 6.07) is 9.85. The zero-order chi connectivity index (χ0) is 13.2. The lowest BCUT2D eigenvalue weighted by Gasteiger charge is -2.25. The van der Waals surface area contributed by atoms with Gasteiger partial charge < -0.3 is 10.6 Å². The third-order valence-electron chi connectivity index (χ3n) is 3.38. The summed E-state index contributed by atoms with van der Waals surface area (Å²) < 4.78 is 1.67. The molecule has 0 radical (unpaired) electrons. The molecule has 1 aromatic carbocycles. The first-order valence-electron chi connectivity index (χ1n) is 6.33. The number of rotatable bonds is 2. The van der Waals surface area contributed by atoms with E-state index in [1.54, 1.807) is 10.7 Å². The van der Waals surface area contributed by atoms with Gasteiger partial charge in [0.1, 0.15) is 0 Å². The maximum atomic E-state index is 12.3. The van der Waals surface area contributed by atoms with Crippen molar-refractivity contribution in [3.05, 3.63) is 47.7 Å². The highest BCUT2D eigenvalue weighted by atomic mass is 16.2. The van der Waals surface area contributed by atoms with Gasteiger partial charge in [0, 0.05) is 32.4 Å². The fourth-order valence-corrected chi connectivity index (χ4v) is 2.43. The van der Waals surface area contributed by atoms with Crippen LogP contribution >= 0.6 is 0 Å². The number of nitrogens with zero attached hydrogens (tertiary/aromatic N) is 2. The average molecular weight is 256 g/mol. The highest BCUT2D eigenvalue weighted by molar-refractivity contribution is 5.95. The number of fused-ring (bicyclic) bond motifs is 1. The quantitative estimate of drug-likeness (QED) is 0.850. The summed E-state index contributed by atoms with van der Waals surface area (Å²) in [5, 5.41) is 10.3. The number of aryl methyl sites for hydroxylation is 1. The van der Waals surface area contributed by atoms with Crippen molar-refractivity contribution < 1.29 is 4.79 Å². The molecule has 1 amide bonds. The number of anilines is 1. The largest absolute Gasteiger partial charge is 0.312 e. The molecule has 5 heteroatoms. The van der Waals surface area contributed by atoms with Crippen LogP contribution in [0.25, 0.3) is 0 Å². The number of carbonyl (C=O) groups is 1. The van der Waals surface area contributed by atoms with Crippen molar-refractivity contribution in [3.63, 3.8) is 0 Å². The molecular formula is C14H16N4O. The Kier molecular flexibility index (Phi) is 3.05. The fraction of sp³-hybridized carbons (Fsp3) is 0.286. The average Bonchev–Trinajstić information content (AvgIpc) is 2.83. The van der Waals surface area contributed by atoms with Crippen LogP contribution in [-0.2, 0) is 18.4 Å². The van der Waals surface area contributed by atoms with Crippen LogP contribution in [0.15, 0.2) is 36.5 Å². The third-order valence-corrected chi connectivity index (χ3v) is 3.38. The number of hydrogen-bond donors (Lipinski definition) is 2. The van der Waals surface area contributed by atoms with Gasteiger partial charge in [-0.25, -0.2) is 0 Å². The molecule has 0 saturated heterocycles. The van der Waals surface area contributed by atoms with Gasteiger partial charge in [-0.2, -0.15) is 5.10 Å². The maximum Gasteiger partial charge on any atom is 0.234 e. The third kappa shape index (κ3) is 2.37. The molecule has 0 aliphatic carbocycles. The molecule has 0 fully saturated rings. The molecule has 1 aliphatic heterocycles. The molecule has 2 aromatic rings. The van der Waals surface area contributed by atoms with Crippen molar-refractivity contribution in [2.24, 2.45) is 7.05 Å². The minimum absolute atomic E-state index is 0.0154. The van der Waals surface area contributed by atoms with Crippen molar-refractivity contribution in [3.8, 4) is 0 Å². The molecule has 1 aromatic heterocycles. The smallest absolute Gasteiger partial charge is 0.234 e. The van der Waals surface area contributed by atoms with Crippen LogP contribution in [0, 0.1) is 0 Å². The van der Waals surface area contributed by atoms with Crippen LogP contribution in [0.3, 0.4) is 0 Å². The van der Waals surface area contributed by atoms with Crippen LogP contribution in [0.4, 0.5) is 5.82 Å². The fourth-order valence-electron chi connectivity index (χ4n) is 2.43. The molecule has 98 valence electrons. The second-order valence-corrected chi connectivity index (χ2v) is 4.75. The molecule has 1 atom stereocenters. The number of carbonyl (C=O) groups excluding carboxylic acids is 1. The van der Waals surface area contributed by atoms with E-state index in [0.29, 0.717) is 12.4 Å². The van der Waals surface area contributed by atoms with E-state index in [4.69, 9.17) is 0 Å². The van der Waals surface area contributed by atoms with Crippen LogP contribution in [0.1, 0.15) is 17.0 Å². The second-order valence-electron chi connectivity index (χ2n) is 4.75. The summed E-state index contributed by atoms with van der Waals surface area (Å²) in [5.41, 5.74) is 2.30. The predicted octanol–water partition coefficient (Wildman–Crippen LogP) is 1.25. The van der Waals surface area contributed by atoms with Crippen LogP contribution < -0.4 is 10.6 Å². The maximum absolute atomic E-state index is 12.3. The molecule has 0 bridgehead atoms. The van der Waals surface area contributed by atoms with Gasteiger partial charge in [0.25, 0.3) is 0 Å². The van der Waals surface area contributed by atoms with E-state index in [1.807, 2.05) is 31.4 Å². The number of hydrogen-bond acceptors (Lipinski definition) is 3. The van der Waals surface area contributed by atoms with E-state index in [2.05, 4.69) is 21.8 Å². The van der Waals surface area contributed by atoms with Gasteiger partial charge in [-0.15, -0.1) is 0 Å². The van der Waals surface area contributed by atoms with E-state index in [0.717, 1.165) is 12.1 Å². The van der Waals surface area contributed by atoms with E-state index >= 15 is 0 Å². The summed E-state index contributed by atoms with van der Waals surface area (Å²) in [7, 11) is 1.83. The lowest BCUT2D eigenvalue weighted by molar-refractivity contribution is -0.117. The van der Waals surface area contributed by atoms with E-state index in [1.165, 1.54) is 5.56 Å². The zero-order valence-corrected chi connectivity index (χ0v) is 10.8. The van der Waals surface area contributed by atoms with Crippen LogP contribution in [0.5, 0.6) is 0 Å². The van der Waals surface area contributed by atoms with E-state index < -0.39 is 0 Å². The Morgan fingerprint density at radius 3 is 3.05 bits per heavy atom.